The van der Waals surface area contributed by atoms with Crippen LogP contribution in [0.25, 0.3) is 0 Å². The van der Waals surface area contributed by atoms with Crippen molar-refractivity contribution in [2.75, 3.05) is 40.5 Å². The van der Waals surface area contributed by atoms with Gasteiger partial charge in [-0.25, -0.2) is 9.59 Å². The molecule has 0 radical (unpaired) electrons. The summed E-state index contributed by atoms with van der Waals surface area (Å²) in [5, 5.41) is 42.6. The van der Waals surface area contributed by atoms with E-state index in [9.17, 15) is 49.6 Å². The highest BCUT2D eigenvalue weighted by atomic mass is 16.6. The molecule has 47 heavy (non-hydrogen) atoms. The van der Waals surface area contributed by atoms with Gasteiger partial charge in [0.05, 0.1) is 49.4 Å². The molecular weight excluding hydrogens is 628 g/mol. The predicted molar refractivity (Wildman–Crippen MR) is 158 cm³/mol. The van der Waals surface area contributed by atoms with E-state index in [1.165, 1.54) is 14.2 Å². The van der Waals surface area contributed by atoms with Crippen molar-refractivity contribution < 1.29 is 58.2 Å². The molecule has 18 heteroatoms. The summed E-state index contributed by atoms with van der Waals surface area (Å²) in [6, 6.07) is 2.06. The normalized spacial score (nSPS) is 17.2. The molecule has 0 aliphatic carbocycles. The zero-order chi connectivity index (χ0) is 34.4. The number of nitro groups is 2. The van der Waals surface area contributed by atoms with Crippen LogP contribution in [0.5, 0.6) is 23.0 Å². The van der Waals surface area contributed by atoms with Gasteiger partial charge in [-0.05, 0) is 25.7 Å². The Bertz CT molecular complexity index is 1480. The second-order valence-corrected chi connectivity index (χ2v) is 10.6. The van der Waals surface area contributed by atoms with Gasteiger partial charge in [0.25, 0.3) is 23.2 Å². The van der Waals surface area contributed by atoms with Crippen molar-refractivity contribution in [1.82, 2.24) is 9.80 Å². The third-order valence-electron chi connectivity index (χ3n) is 7.82. The molecule has 4 rings (SSSR count). The number of methoxy groups -OCH3 is 2. The molecule has 2 aromatic carbocycles. The molecule has 2 heterocycles. The first-order valence-corrected chi connectivity index (χ1v) is 14.5. The summed E-state index contributed by atoms with van der Waals surface area (Å²) < 4.78 is 21.9. The number of hydrogen-bond acceptors (Lipinski definition) is 12. The third-order valence-corrected chi connectivity index (χ3v) is 7.82. The molecule has 2 amide bonds. The molecule has 2 atom stereocenters. The zero-order valence-electron chi connectivity index (χ0n) is 25.4. The van der Waals surface area contributed by atoms with Crippen LogP contribution in [-0.2, 0) is 9.59 Å². The van der Waals surface area contributed by atoms with E-state index in [1.807, 2.05) is 0 Å². The number of amides is 2. The van der Waals surface area contributed by atoms with E-state index in [0.29, 0.717) is 12.8 Å². The van der Waals surface area contributed by atoms with Crippen LogP contribution in [-0.4, -0.2) is 106 Å². The molecule has 2 fully saturated rings. The maximum absolute atomic E-state index is 13.1. The fraction of sp³-hybridized carbons (Fsp3) is 0.448. The highest BCUT2D eigenvalue weighted by molar-refractivity contribution is 6.02. The molecule has 2 aromatic rings. The maximum Gasteiger partial charge on any atom is 0.326 e. The van der Waals surface area contributed by atoms with E-state index in [4.69, 9.17) is 18.9 Å². The fourth-order valence-electron chi connectivity index (χ4n) is 5.55. The summed E-state index contributed by atoms with van der Waals surface area (Å²) in [6.45, 7) is 0.0926. The van der Waals surface area contributed by atoms with Crippen LogP contribution in [0.3, 0.4) is 0 Å². The lowest BCUT2D eigenvalue weighted by atomic mass is 10.1. The fourth-order valence-corrected chi connectivity index (χ4v) is 5.55. The average Bonchev–Trinajstić information content (AvgIpc) is 3.74. The van der Waals surface area contributed by atoms with Crippen LogP contribution >= 0.6 is 0 Å². The number of hydrogen-bond donors (Lipinski definition) is 2. The summed E-state index contributed by atoms with van der Waals surface area (Å²) in [4.78, 5) is 73.7. The quantitative estimate of drug-likeness (QED) is 0.168. The Balaban J connectivity index is 1.46. The molecule has 2 aliphatic heterocycles. The van der Waals surface area contributed by atoms with E-state index < -0.39 is 57.1 Å². The highest BCUT2D eigenvalue weighted by Crippen LogP contribution is 2.38. The SMILES string of the molecule is COc1cc(C(=O)N2CCC[C@H]2C(=O)O)c([N+](=O)[O-])cc1OCCCOc1cc([N+](=O)[O-])c(C(=O)N2CCC[C@H]2C(=O)O)cc1OC. The number of nitro benzene ring substituents is 2. The van der Waals surface area contributed by atoms with Gasteiger partial charge in [0.2, 0.25) is 0 Å². The van der Waals surface area contributed by atoms with Crippen molar-refractivity contribution in [3.8, 4) is 23.0 Å². The van der Waals surface area contributed by atoms with Gasteiger partial charge in [-0.1, -0.05) is 0 Å². The number of aliphatic carboxylic acids is 2. The minimum absolute atomic E-state index is 0.00775. The number of nitrogens with zero attached hydrogens (tertiary/aromatic N) is 4. The van der Waals surface area contributed by atoms with Crippen LogP contribution in [0.15, 0.2) is 24.3 Å². The van der Waals surface area contributed by atoms with E-state index >= 15 is 0 Å². The molecule has 0 bridgehead atoms. The second kappa shape index (κ2) is 14.6. The maximum atomic E-state index is 13.1. The molecule has 2 aliphatic rings. The molecule has 0 spiro atoms. The molecule has 252 valence electrons. The highest BCUT2D eigenvalue weighted by Gasteiger charge is 2.39. The zero-order valence-corrected chi connectivity index (χ0v) is 25.4. The van der Waals surface area contributed by atoms with Gasteiger partial charge in [0.1, 0.15) is 23.2 Å². The van der Waals surface area contributed by atoms with Gasteiger partial charge in [0.15, 0.2) is 23.0 Å². The van der Waals surface area contributed by atoms with Crippen molar-refractivity contribution in [2.24, 2.45) is 0 Å². The van der Waals surface area contributed by atoms with Crippen molar-refractivity contribution in [1.29, 1.82) is 0 Å². The standard InChI is InChI=1S/C29H32N4O14/c1-44-22-12-16(26(34)30-8-3-6-18(30)28(36)37)20(32(40)41)14-24(22)46-10-5-11-47-25-15-21(33(42)43)17(13-23(25)45-2)27(35)31-9-4-7-19(31)29(38)39/h12-15,18-19H,3-11H2,1-2H3,(H,36,37)(H,38,39)/t18-,19-/m0/s1. The first-order valence-electron chi connectivity index (χ1n) is 14.5. The van der Waals surface area contributed by atoms with Gasteiger partial charge in [-0.15, -0.1) is 0 Å². The number of carbonyl (C=O) groups excluding carboxylic acids is 2. The monoisotopic (exact) mass is 660 g/mol. The molecule has 0 aromatic heterocycles. The van der Waals surface area contributed by atoms with Crippen molar-refractivity contribution in [2.45, 2.75) is 44.2 Å². The van der Waals surface area contributed by atoms with E-state index in [1.54, 1.807) is 0 Å². The number of carboxylic acid groups (broad SMARTS) is 2. The van der Waals surface area contributed by atoms with Gasteiger partial charge >= 0.3 is 11.9 Å². The first-order chi connectivity index (χ1) is 22.4. The van der Waals surface area contributed by atoms with Crippen molar-refractivity contribution >= 4 is 35.1 Å². The predicted octanol–water partition coefficient (Wildman–Crippen LogP) is 2.75. The summed E-state index contributed by atoms with van der Waals surface area (Å²) in [7, 11) is 2.53. The molecule has 2 saturated heterocycles. The lowest BCUT2D eigenvalue weighted by Gasteiger charge is -2.22. The number of likely N-dealkylation sites (tertiary alicyclic amines) is 2. The van der Waals surface area contributed by atoms with E-state index in [2.05, 4.69) is 0 Å². The number of carboxylic acids is 2. The Labute approximate surface area is 266 Å². The Morgan fingerprint density at radius 3 is 1.43 bits per heavy atom. The minimum atomic E-state index is -1.21. The molecular formula is C29H32N4O14. The number of ether oxygens (including phenoxy) is 4. The molecule has 18 nitrogen and oxygen atoms in total. The van der Waals surface area contributed by atoms with E-state index in [-0.39, 0.29) is 79.7 Å². The smallest absolute Gasteiger partial charge is 0.326 e. The lowest BCUT2D eigenvalue weighted by Crippen LogP contribution is -2.40. The summed E-state index contributed by atoms with van der Waals surface area (Å²) >= 11 is 0. The molecule has 0 unspecified atom stereocenters. The summed E-state index contributed by atoms with van der Waals surface area (Å²) in [5.41, 5.74) is -1.91. The van der Waals surface area contributed by atoms with Crippen LogP contribution < -0.4 is 18.9 Å². The number of rotatable bonds is 14. The Kier molecular flexibility index (Phi) is 10.6. The Morgan fingerprint density at radius 2 is 1.11 bits per heavy atom. The minimum Gasteiger partial charge on any atom is -0.493 e. The largest absolute Gasteiger partial charge is 0.493 e. The third kappa shape index (κ3) is 7.26. The summed E-state index contributed by atoms with van der Waals surface area (Å²) in [5.74, 6) is -4.21. The Hall–Kier alpha value is -5.68. The van der Waals surface area contributed by atoms with Crippen LogP contribution in [0.1, 0.15) is 52.8 Å². The molecule has 2 N–H and O–H groups in total. The van der Waals surface area contributed by atoms with Crippen LogP contribution in [0.4, 0.5) is 11.4 Å². The average molecular weight is 661 g/mol. The van der Waals surface area contributed by atoms with Crippen molar-refractivity contribution in [3.63, 3.8) is 0 Å². The Morgan fingerprint density at radius 1 is 0.723 bits per heavy atom. The van der Waals surface area contributed by atoms with Gasteiger partial charge in [0, 0.05) is 31.6 Å². The summed E-state index contributed by atoms with van der Waals surface area (Å²) in [6.07, 6.45) is 1.47. The topological polar surface area (TPSA) is 238 Å². The van der Waals surface area contributed by atoms with Crippen LogP contribution in [0.2, 0.25) is 0 Å². The number of benzene rings is 2. The van der Waals surface area contributed by atoms with E-state index in [0.717, 1.165) is 34.1 Å². The lowest BCUT2D eigenvalue weighted by molar-refractivity contribution is -0.385. The van der Waals surface area contributed by atoms with Gasteiger partial charge in [-0.2, -0.15) is 0 Å². The van der Waals surface area contributed by atoms with Crippen LogP contribution in [0, 0.1) is 20.2 Å². The van der Waals surface area contributed by atoms with Gasteiger partial charge < -0.3 is 39.0 Å². The van der Waals surface area contributed by atoms with Crippen molar-refractivity contribution in [3.05, 3.63) is 55.6 Å². The second-order valence-electron chi connectivity index (χ2n) is 10.6. The van der Waals surface area contributed by atoms with Gasteiger partial charge in [-0.3, -0.25) is 29.8 Å². The first kappa shape index (κ1) is 34.2. The number of carbonyl (C=O) groups is 4. The molecule has 0 saturated carbocycles.